The molecule has 7 nitrogen and oxygen atoms in total. The van der Waals surface area contributed by atoms with E-state index in [4.69, 9.17) is 4.74 Å². The fraction of sp³-hybridized carbons (Fsp3) is 0.182. The van der Waals surface area contributed by atoms with E-state index in [-0.39, 0.29) is 15.5 Å². The lowest BCUT2D eigenvalue weighted by molar-refractivity contribution is 0.415. The number of anilines is 2. The molecule has 164 valence electrons. The first-order valence-electron chi connectivity index (χ1n) is 9.39. The Morgan fingerprint density at radius 1 is 0.710 bits per heavy atom. The van der Waals surface area contributed by atoms with Crippen molar-refractivity contribution in [1.29, 1.82) is 0 Å². The highest BCUT2D eigenvalue weighted by Crippen LogP contribution is 2.26. The maximum atomic E-state index is 13.0. The molecule has 0 aliphatic carbocycles. The summed E-state index contributed by atoms with van der Waals surface area (Å²) in [5, 5.41) is 0. The summed E-state index contributed by atoms with van der Waals surface area (Å²) in [6.07, 6.45) is 0. The summed E-state index contributed by atoms with van der Waals surface area (Å²) in [5.74, 6) is 0.599. The summed E-state index contributed by atoms with van der Waals surface area (Å²) in [5.41, 5.74) is 2.55. The molecule has 0 atom stereocenters. The highest BCUT2D eigenvalue weighted by atomic mass is 32.2. The topological polar surface area (TPSA) is 102 Å². The van der Waals surface area contributed by atoms with Crippen LogP contribution in [0.1, 0.15) is 16.7 Å². The van der Waals surface area contributed by atoms with Gasteiger partial charge >= 0.3 is 0 Å². The summed E-state index contributed by atoms with van der Waals surface area (Å²) in [4.78, 5) is 0.0871. The van der Waals surface area contributed by atoms with Crippen LogP contribution < -0.4 is 14.2 Å². The van der Waals surface area contributed by atoms with E-state index < -0.39 is 20.0 Å². The molecule has 9 heteroatoms. The average Bonchev–Trinajstić information content (AvgIpc) is 2.71. The van der Waals surface area contributed by atoms with Gasteiger partial charge in [-0.1, -0.05) is 18.2 Å². The minimum absolute atomic E-state index is 0.0624. The van der Waals surface area contributed by atoms with Crippen LogP contribution in [0.5, 0.6) is 5.75 Å². The van der Waals surface area contributed by atoms with Crippen LogP contribution in [0.2, 0.25) is 0 Å². The zero-order chi connectivity index (χ0) is 22.8. The summed E-state index contributed by atoms with van der Waals surface area (Å²) < 4.78 is 61.6. The Balaban J connectivity index is 1.92. The lowest BCUT2D eigenvalue weighted by Gasteiger charge is -2.15. The maximum absolute atomic E-state index is 13.0. The van der Waals surface area contributed by atoms with Gasteiger partial charge in [-0.3, -0.25) is 9.44 Å². The summed E-state index contributed by atoms with van der Waals surface area (Å²) in [6, 6.07) is 15.9. The number of hydrogen-bond acceptors (Lipinski definition) is 5. The summed E-state index contributed by atoms with van der Waals surface area (Å²) >= 11 is 0. The number of ether oxygens (including phenoxy) is 1. The predicted octanol–water partition coefficient (Wildman–Crippen LogP) is 4.22. The van der Waals surface area contributed by atoms with Gasteiger partial charge in [0.25, 0.3) is 20.0 Å². The van der Waals surface area contributed by atoms with Gasteiger partial charge in [-0.2, -0.15) is 0 Å². The minimum Gasteiger partial charge on any atom is -0.497 e. The van der Waals surface area contributed by atoms with E-state index in [0.717, 1.165) is 5.56 Å². The Morgan fingerprint density at radius 3 is 2.00 bits per heavy atom. The van der Waals surface area contributed by atoms with Gasteiger partial charge in [0.05, 0.1) is 22.6 Å². The molecule has 0 radical (unpaired) electrons. The molecule has 0 heterocycles. The number of benzene rings is 3. The third-order valence-corrected chi connectivity index (χ3v) is 7.63. The fourth-order valence-corrected chi connectivity index (χ4v) is 5.48. The van der Waals surface area contributed by atoms with Gasteiger partial charge in [-0.15, -0.1) is 0 Å². The normalized spacial score (nSPS) is 11.7. The summed E-state index contributed by atoms with van der Waals surface area (Å²) in [7, 11) is -6.31. The Kier molecular flexibility index (Phi) is 6.28. The van der Waals surface area contributed by atoms with Crippen molar-refractivity contribution in [1.82, 2.24) is 0 Å². The first kappa shape index (κ1) is 22.6. The lowest BCUT2D eigenvalue weighted by atomic mass is 10.2. The van der Waals surface area contributed by atoms with Crippen molar-refractivity contribution in [2.75, 3.05) is 16.6 Å². The van der Waals surface area contributed by atoms with Crippen molar-refractivity contribution < 1.29 is 21.6 Å². The second-order valence-corrected chi connectivity index (χ2v) is 10.5. The van der Waals surface area contributed by atoms with Crippen LogP contribution in [0.25, 0.3) is 0 Å². The first-order valence-corrected chi connectivity index (χ1v) is 12.4. The molecule has 0 spiro atoms. The van der Waals surface area contributed by atoms with E-state index >= 15 is 0 Å². The van der Waals surface area contributed by atoms with Gasteiger partial charge in [0.2, 0.25) is 0 Å². The third-order valence-electron chi connectivity index (χ3n) is 4.74. The Labute approximate surface area is 183 Å². The van der Waals surface area contributed by atoms with E-state index in [1.54, 1.807) is 56.3 Å². The second-order valence-electron chi connectivity index (χ2n) is 7.19. The van der Waals surface area contributed by atoms with Crippen molar-refractivity contribution in [3.05, 3.63) is 77.4 Å². The van der Waals surface area contributed by atoms with Crippen LogP contribution in [-0.2, 0) is 20.0 Å². The molecule has 0 fully saturated rings. The highest BCUT2D eigenvalue weighted by molar-refractivity contribution is 7.93. The average molecular weight is 461 g/mol. The van der Waals surface area contributed by atoms with Crippen molar-refractivity contribution in [2.45, 2.75) is 30.6 Å². The Hall–Kier alpha value is -3.04. The molecule has 0 saturated heterocycles. The van der Waals surface area contributed by atoms with Gasteiger partial charge in [0.15, 0.2) is 0 Å². The van der Waals surface area contributed by atoms with Gasteiger partial charge in [-0.25, -0.2) is 16.8 Å². The standard InChI is InChI=1S/C22H24N2O5S2/c1-15-5-6-17(3)22(13-15)31(27,28)24-21-14-20(12-7-16(21)2)30(25,26)23-18-8-10-19(29-4)11-9-18/h5-14,23-24H,1-4H3. The molecule has 0 aliphatic heterocycles. The van der Waals surface area contributed by atoms with E-state index in [0.29, 0.717) is 22.6 Å². The number of rotatable bonds is 7. The van der Waals surface area contributed by atoms with Crippen molar-refractivity contribution in [2.24, 2.45) is 0 Å². The van der Waals surface area contributed by atoms with E-state index in [1.807, 2.05) is 13.0 Å². The largest absolute Gasteiger partial charge is 0.497 e. The van der Waals surface area contributed by atoms with Crippen LogP contribution in [-0.4, -0.2) is 23.9 Å². The molecule has 3 aromatic carbocycles. The highest BCUT2D eigenvalue weighted by Gasteiger charge is 2.21. The van der Waals surface area contributed by atoms with E-state index in [1.165, 1.54) is 19.2 Å². The molecule has 0 amide bonds. The number of hydrogen-bond donors (Lipinski definition) is 2. The number of methoxy groups -OCH3 is 1. The van der Waals surface area contributed by atoms with Crippen LogP contribution in [0, 0.1) is 20.8 Å². The summed E-state index contributed by atoms with van der Waals surface area (Å²) in [6.45, 7) is 5.22. The van der Waals surface area contributed by atoms with Gasteiger partial charge in [-0.05, 0) is 79.9 Å². The Bertz CT molecular complexity index is 1320. The first-order chi connectivity index (χ1) is 14.5. The van der Waals surface area contributed by atoms with Crippen molar-refractivity contribution >= 4 is 31.4 Å². The number of aryl methyl sites for hydroxylation is 3. The van der Waals surface area contributed by atoms with Crippen molar-refractivity contribution in [3.8, 4) is 5.75 Å². The second kappa shape index (κ2) is 8.60. The molecular weight excluding hydrogens is 436 g/mol. The monoisotopic (exact) mass is 460 g/mol. The molecule has 0 saturated carbocycles. The molecule has 2 N–H and O–H groups in total. The number of sulfonamides is 2. The fourth-order valence-electron chi connectivity index (χ4n) is 2.95. The molecule has 0 bridgehead atoms. The zero-order valence-electron chi connectivity index (χ0n) is 17.6. The molecule has 3 aromatic rings. The van der Waals surface area contributed by atoms with Crippen LogP contribution in [0.3, 0.4) is 0 Å². The smallest absolute Gasteiger partial charge is 0.262 e. The molecular formula is C22H24N2O5S2. The van der Waals surface area contributed by atoms with Gasteiger partial charge in [0, 0.05) is 5.69 Å². The Morgan fingerprint density at radius 2 is 1.35 bits per heavy atom. The minimum atomic E-state index is -3.93. The van der Waals surface area contributed by atoms with Crippen LogP contribution >= 0.6 is 0 Å². The van der Waals surface area contributed by atoms with Crippen LogP contribution in [0.15, 0.2) is 70.5 Å². The molecule has 0 aromatic heterocycles. The SMILES string of the molecule is COc1ccc(NS(=O)(=O)c2ccc(C)c(NS(=O)(=O)c3cc(C)ccc3C)c2)cc1. The predicted molar refractivity (Wildman–Crippen MR) is 122 cm³/mol. The maximum Gasteiger partial charge on any atom is 0.262 e. The quantitative estimate of drug-likeness (QED) is 0.550. The van der Waals surface area contributed by atoms with Gasteiger partial charge in [0.1, 0.15) is 5.75 Å². The molecule has 0 aliphatic rings. The van der Waals surface area contributed by atoms with E-state index in [2.05, 4.69) is 9.44 Å². The molecule has 0 unspecified atom stereocenters. The van der Waals surface area contributed by atoms with Crippen LogP contribution in [0.4, 0.5) is 11.4 Å². The third kappa shape index (κ3) is 5.18. The molecule has 31 heavy (non-hydrogen) atoms. The number of nitrogens with one attached hydrogen (secondary N) is 2. The lowest BCUT2D eigenvalue weighted by Crippen LogP contribution is -2.17. The van der Waals surface area contributed by atoms with E-state index in [9.17, 15) is 16.8 Å². The van der Waals surface area contributed by atoms with Gasteiger partial charge < -0.3 is 4.74 Å². The van der Waals surface area contributed by atoms with Crippen molar-refractivity contribution in [3.63, 3.8) is 0 Å². The zero-order valence-corrected chi connectivity index (χ0v) is 19.3. The molecule has 3 rings (SSSR count).